The number of likely N-dealkylation sites (tertiary alicyclic amines) is 1. The van der Waals surface area contributed by atoms with E-state index in [1.807, 2.05) is 19.1 Å². The minimum atomic E-state index is -0.967. The number of para-hydroxylation sites is 1. The molecule has 1 N–H and O–H groups in total. The molecule has 0 bridgehead atoms. The van der Waals surface area contributed by atoms with Crippen molar-refractivity contribution in [2.45, 2.75) is 44.2 Å². The Morgan fingerprint density at radius 3 is 2.76 bits per heavy atom. The van der Waals surface area contributed by atoms with Gasteiger partial charge in [-0.05, 0) is 42.3 Å². The molecule has 4 nitrogen and oxygen atoms in total. The van der Waals surface area contributed by atoms with Gasteiger partial charge in [-0.15, -0.1) is 0 Å². The maximum atomic E-state index is 12.9. The normalized spacial score (nSPS) is 30.8. The molecule has 0 radical (unpaired) electrons. The number of nitrogens with zero attached hydrogens (tertiary/aromatic N) is 1. The number of nitrogens with one attached hydrogen (secondary N) is 1. The molecule has 1 aliphatic carbocycles. The van der Waals surface area contributed by atoms with Crippen molar-refractivity contribution in [3.63, 3.8) is 0 Å². The van der Waals surface area contributed by atoms with E-state index in [4.69, 9.17) is 4.74 Å². The van der Waals surface area contributed by atoms with Crippen molar-refractivity contribution < 1.29 is 10.9 Å². The lowest BCUT2D eigenvalue weighted by Crippen LogP contribution is -2.48. The molecule has 0 unspecified atom stereocenters. The zero-order valence-corrected chi connectivity index (χ0v) is 17.1. The van der Waals surface area contributed by atoms with Crippen LogP contribution >= 0.6 is 0 Å². The third-order valence-corrected chi connectivity index (χ3v) is 7.00. The summed E-state index contributed by atoms with van der Waals surface area (Å²) in [6.45, 7) is 3.80. The number of fused-ring (bicyclic) bond motifs is 1. The number of methoxy groups -OCH3 is 1. The smallest absolute Gasteiger partial charge is 0.335 e. The number of ether oxygens (including phenoxy) is 1. The van der Waals surface area contributed by atoms with Crippen molar-refractivity contribution in [1.29, 1.82) is 0 Å². The molecule has 4 heteroatoms. The molecule has 3 atom stereocenters. The monoisotopic (exact) mass is 389 g/mol. The maximum Gasteiger partial charge on any atom is 0.335 e. The number of hydrogen-bond acceptors (Lipinski definition) is 4. The number of carbonyl (C=O) groups is 1. The molecule has 150 valence electrons. The van der Waals surface area contributed by atoms with Crippen LogP contribution in [-0.2, 0) is 21.5 Å². The molecule has 0 aromatic heterocycles. The van der Waals surface area contributed by atoms with Crippen molar-refractivity contribution in [2.24, 2.45) is 5.89 Å². The highest BCUT2D eigenvalue weighted by Crippen LogP contribution is 2.59. The highest BCUT2D eigenvalue weighted by atomic mass is 16.5. The first kappa shape index (κ1) is 17.3. The summed E-state index contributed by atoms with van der Waals surface area (Å²) >= 11 is 0. The molecule has 1 fully saturated rings. The van der Waals surface area contributed by atoms with E-state index in [0.717, 1.165) is 30.9 Å². The topological polar surface area (TPSA) is 41.6 Å². The Kier molecular flexibility index (Phi) is 4.19. The second-order valence-electron chi connectivity index (χ2n) is 8.27. The van der Waals surface area contributed by atoms with Crippen LogP contribution in [0.1, 0.15) is 38.7 Å². The van der Waals surface area contributed by atoms with Crippen LogP contribution in [0.15, 0.2) is 65.9 Å². The summed E-state index contributed by atoms with van der Waals surface area (Å²) in [5, 5.41) is 3.57. The Labute approximate surface area is 174 Å². The summed E-state index contributed by atoms with van der Waals surface area (Å²) in [5.74, 6) is -1.34. The van der Waals surface area contributed by atoms with E-state index in [-0.39, 0.29) is 17.4 Å². The van der Waals surface area contributed by atoms with Gasteiger partial charge in [0.15, 0.2) is 0 Å². The quantitative estimate of drug-likeness (QED) is 0.783. The molecule has 1 spiro atoms. The predicted molar refractivity (Wildman–Crippen MR) is 114 cm³/mol. The van der Waals surface area contributed by atoms with E-state index >= 15 is 0 Å². The van der Waals surface area contributed by atoms with Gasteiger partial charge in [-0.3, -0.25) is 4.90 Å². The third-order valence-electron chi connectivity index (χ3n) is 7.00. The number of hydrogen-bond donors (Lipinski definition) is 1. The first-order chi connectivity index (χ1) is 14.5. The Morgan fingerprint density at radius 1 is 1.24 bits per heavy atom. The lowest BCUT2D eigenvalue weighted by molar-refractivity contribution is -0.137. The number of anilines is 1. The standard InChI is InChI=1S/C25H28N2O2/c1-3-18-15-21-25(13-14-27(21)16-17-9-5-4-6-10-17)19-11-7-8-12-20(19)26-23(25)22(18)24(28)29-2/h4-12,18,21,26H,3,13-16H2,1-2H3/t18-,21-,25+/m0/s1/i18D. The molecule has 2 heterocycles. The first-order valence-corrected chi connectivity index (χ1v) is 10.5. The number of carbonyl (C=O) groups excluding carboxylic acids is 1. The summed E-state index contributed by atoms with van der Waals surface area (Å²) in [4.78, 5) is 15.5. The molecule has 2 aromatic carbocycles. The van der Waals surface area contributed by atoms with Crippen LogP contribution < -0.4 is 5.32 Å². The van der Waals surface area contributed by atoms with Crippen LogP contribution in [0.5, 0.6) is 0 Å². The zero-order valence-electron chi connectivity index (χ0n) is 18.1. The van der Waals surface area contributed by atoms with Crippen LogP contribution in [0.4, 0.5) is 5.69 Å². The van der Waals surface area contributed by atoms with E-state index in [1.54, 1.807) is 0 Å². The van der Waals surface area contributed by atoms with Crippen LogP contribution in [0, 0.1) is 5.89 Å². The van der Waals surface area contributed by atoms with Crippen molar-refractivity contribution in [2.75, 3.05) is 19.0 Å². The van der Waals surface area contributed by atoms with Gasteiger partial charge in [0, 0.05) is 31.9 Å². The molecular weight excluding hydrogens is 360 g/mol. The molecule has 0 saturated carbocycles. The predicted octanol–water partition coefficient (Wildman–Crippen LogP) is 4.48. The van der Waals surface area contributed by atoms with Gasteiger partial charge in [-0.2, -0.15) is 0 Å². The van der Waals surface area contributed by atoms with Gasteiger partial charge in [0.25, 0.3) is 0 Å². The molecular formula is C25H28N2O2. The van der Waals surface area contributed by atoms with Crippen LogP contribution in [-0.4, -0.2) is 30.6 Å². The minimum Gasteiger partial charge on any atom is -0.466 e. The van der Waals surface area contributed by atoms with Gasteiger partial charge >= 0.3 is 5.97 Å². The van der Waals surface area contributed by atoms with Gasteiger partial charge in [0.1, 0.15) is 0 Å². The summed E-state index contributed by atoms with van der Waals surface area (Å²) in [6, 6.07) is 19.1. The molecule has 3 aliphatic rings. The van der Waals surface area contributed by atoms with Gasteiger partial charge in [-0.1, -0.05) is 55.5 Å². The molecule has 5 rings (SSSR count). The van der Waals surface area contributed by atoms with Gasteiger partial charge in [-0.25, -0.2) is 4.79 Å². The third kappa shape index (κ3) is 2.66. The van der Waals surface area contributed by atoms with Crippen molar-refractivity contribution in [3.05, 3.63) is 77.0 Å². The largest absolute Gasteiger partial charge is 0.466 e. The van der Waals surface area contributed by atoms with Gasteiger partial charge in [0.05, 0.1) is 18.1 Å². The highest BCUT2D eigenvalue weighted by molar-refractivity contribution is 5.93. The minimum absolute atomic E-state index is 0.162. The van der Waals surface area contributed by atoms with Crippen molar-refractivity contribution >= 4 is 11.7 Å². The van der Waals surface area contributed by atoms with E-state index in [1.165, 1.54) is 18.2 Å². The summed E-state index contributed by atoms with van der Waals surface area (Å²) < 4.78 is 14.5. The molecule has 0 amide bonds. The Hall–Kier alpha value is -2.59. The Bertz CT molecular complexity index is 1020. The number of esters is 1. The molecule has 2 aliphatic heterocycles. The van der Waals surface area contributed by atoms with Crippen LogP contribution in [0.25, 0.3) is 0 Å². The first-order valence-electron chi connectivity index (χ1n) is 11.0. The van der Waals surface area contributed by atoms with E-state index in [9.17, 15) is 6.17 Å². The number of rotatable bonds is 4. The summed E-state index contributed by atoms with van der Waals surface area (Å²) in [5.41, 5.74) is 4.72. The SMILES string of the molecule is [2H][C@]1(CC)C[C@@H]2N(Cc3ccccc3)CC[C@]23C(=C1C(=O)OC)Nc1ccccc13. The Morgan fingerprint density at radius 2 is 2.00 bits per heavy atom. The van der Waals surface area contributed by atoms with Gasteiger partial charge in [0.2, 0.25) is 0 Å². The average Bonchev–Trinajstić information content (AvgIpc) is 3.29. The van der Waals surface area contributed by atoms with Crippen molar-refractivity contribution in [1.82, 2.24) is 4.90 Å². The zero-order chi connectivity index (χ0) is 20.9. The Balaban J connectivity index is 1.68. The maximum absolute atomic E-state index is 12.9. The number of benzene rings is 2. The highest BCUT2D eigenvalue weighted by Gasteiger charge is 2.59. The molecule has 29 heavy (non-hydrogen) atoms. The van der Waals surface area contributed by atoms with Crippen LogP contribution in [0.3, 0.4) is 0 Å². The van der Waals surface area contributed by atoms with Crippen molar-refractivity contribution in [3.8, 4) is 0 Å². The second kappa shape index (κ2) is 7.03. The fraction of sp³-hybridized carbons (Fsp3) is 0.400. The van der Waals surface area contributed by atoms with Crippen LogP contribution in [0.2, 0.25) is 0 Å². The molecule has 1 saturated heterocycles. The lowest BCUT2D eigenvalue weighted by Gasteiger charge is -2.44. The molecule has 2 aromatic rings. The van der Waals surface area contributed by atoms with E-state index < -0.39 is 5.89 Å². The second-order valence-corrected chi connectivity index (χ2v) is 8.27. The summed E-state index contributed by atoms with van der Waals surface area (Å²) in [6.07, 6.45) is 2.13. The average molecular weight is 390 g/mol. The summed E-state index contributed by atoms with van der Waals surface area (Å²) in [7, 11) is 1.42. The van der Waals surface area contributed by atoms with E-state index in [0.29, 0.717) is 18.4 Å². The lowest BCUT2D eigenvalue weighted by atomic mass is 9.64. The fourth-order valence-electron chi connectivity index (χ4n) is 5.70. The van der Waals surface area contributed by atoms with Gasteiger partial charge < -0.3 is 10.1 Å². The van der Waals surface area contributed by atoms with E-state index in [2.05, 4.69) is 52.7 Å². The fourth-order valence-corrected chi connectivity index (χ4v) is 5.70.